The maximum absolute atomic E-state index is 5.06. The third-order valence-corrected chi connectivity index (χ3v) is 6.61. The van der Waals surface area contributed by atoms with Gasteiger partial charge in [0.05, 0.1) is 0 Å². The standard InChI is InChI=1S/C33H26BN3/c34-30-19-17-25(18-20-30)31-35-32(28-15-7-13-26(21-28)23-9-3-1-4-10-23)37-33(36-31)29-16-8-14-27(22-29)24-11-5-2-6-12-24/h1-22,31H,34H2,(H,35,36,37). The molecule has 0 aliphatic carbocycles. The lowest BCUT2D eigenvalue weighted by atomic mass is 9.94. The number of benzene rings is 5. The van der Waals surface area contributed by atoms with Crippen LogP contribution in [0.25, 0.3) is 22.3 Å². The summed E-state index contributed by atoms with van der Waals surface area (Å²) < 4.78 is 0. The Labute approximate surface area is 218 Å². The summed E-state index contributed by atoms with van der Waals surface area (Å²) >= 11 is 0. The van der Waals surface area contributed by atoms with Crippen LogP contribution in [0.5, 0.6) is 0 Å². The summed E-state index contributed by atoms with van der Waals surface area (Å²) in [7, 11) is 2.10. The minimum absolute atomic E-state index is 0.233. The lowest BCUT2D eigenvalue weighted by molar-refractivity contribution is 0.674. The third-order valence-electron chi connectivity index (χ3n) is 6.61. The fourth-order valence-corrected chi connectivity index (χ4v) is 4.59. The summed E-state index contributed by atoms with van der Waals surface area (Å²) in [5, 5.41) is 3.59. The summed E-state index contributed by atoms with van der Waals surface area (Å²) in [4.78, 5) is 10.1. The maximum atomic E-state index is 5.06. The topological polar surface area (TPSA) is 36.8 Å². The van der Waals surface area contributed by atoms with Crippen LogP contribution in [0, 0.1) is 0 Å². The number of nitrogens with zero attached hydrogens (tertiary/aromatic N) is 2. The van der Waals surface area contributed by atoms with Gasteiger partial charge in [-0.1, -0.05) is 127 Å². The molecule has 6 rings (SSSR count). The normalized spacial score (nSPS) is 14.9. The van der Waals surface area contributed by atoms with Gasteiger partial charge in [0.1, 0.15) is 19.8 Å². The van der Waals surface area contributed by atoms with E-state index in [9.17, 15) is 0 Å². The van der Waals surface area contributed by atoms with Crippen LogP contribution < -0.4 is 10.8 Å². The van der Waals surface area contributed by atoms with Gasteiger partial charge in [-0.25, -0.2) is 9.98 Å². The Hall–Kier alpha value is -4.70. The number of hydrogen-bond acceptors (Lipinski definition) is 3. The molecule has 37 heavy (non-hydrogen) atoms. The molecule has 0 amide bonds. The van der Waals surface area contributed by atoms with Crippen molar-refractivity contribution in [3.8, 4) is 22.3 Å². The zero-order chi connectivity index (χ0) is 25.0. The molecule has 3 nitrogen and oxygen atoms in total. The van der Waals surface area contributed by atoms with Gasteiger partial charge in [-0.05, 0) is 39.9 Å². The quantitative estimate of drug-likeness (QED) is 0.322. The number of aliphatic imine (C=N–C) groups is 2. The first-order chi connectivity index (χ1) is 18.2. The molecule has 4 heteroatoms. The first-order valence-corrected chi connectivity index (χ1v) is 12.5. The van der Waals surface area contributed by atoms with Gasteiger partial charge in [0.25, 0.3) is 0 Å². The van der Waals surface area contributed by atoms with Gasteiger partial charge in [0.15, 0.2) is 5.84 Å². The van der Waals surface area contributed by atoms with Crippen molar-refractivity contribution < 1.29 is 0 Å². The monoisotopic (exact) mass is 475 g/mol. The molecule has 1 N–H and O–H groups in total. The van der Waals surface area contributed by atoms with Gasteiger partial charge in [-0.15, -0.1) is 0 Å². The van der Waals surface area contributed by atoms with E-state index in [1.165, 1.54) is 16.6 Å². The minimum Gasteiger partial charge on any atom is -0.344 e. The molecule has 1 heterocycles. The SMILES string of the molecule is Bc1ccc(C2N=C(c3cccc(-c4ccccc4)c3)N=C(c3cccc(-c4ccccc4)c3)N2)cc1. The van der Waals surface area contributed by atoms with Crippen molar-refractivity contribution in [2.45, 2.75) is 6.17 Å². The second kappa shape index (κ2) is 10.1. The van der Waals surface area contributed by atoms with Crippen LogP contribution in [-0.2, 0) is 0 Å². The van der Waals surface area contributed by atoms with Crippen molar-refractivity contribution in [2.24, 2.45) is 9.98 Å². The van der Waals surface area contributed by atoms with Gasteiger partial charge in [-0.2, -0.15) is 0 Å². The van der Waals surface area contributed by atoms with Crippen LogP contribution >= 0.6 is 0 Å². The fraction of sp³-hybridized carbons (Fsp3) is 0.0303. The lowest BCUT2D eigenvalue weighted by Crippen LogP contribution is -2.33. The van der Waals surface area contributed by atoms with Crippen LogP contribution in [0.3, 0.4) is 0 Å². The molecule has 176 valence electrons. The number of nitrogens with one attached hydrogen (secondary N) is 1. The van der Waals surface area contributed by atoms with E-state index in [0.29, 0.717) is 0 Å². The van der Waals surface area contributed by atoms with Crippen LogP contribution in [0.2, 0.25) is 0 Å². The molecule has 0 fully saturated rings. The largest absolute Gasteiger partial charge is 0.344 e. The van der Waals surface area contributed by atoms with Crippen molar-refractivity contribution in [1.82, 2.24) is 5.32 Å². The average molecular weight is 475 g/mol. The molecule has 0 saturated carbocycles. The number of hydrogen-bond donors (Lipinski definition) is 1. The predicted molar refractivity (Wildman–Crippen MR) is 157 cm³/mol. The molecule has 1 aliphatic rings. The minimum atomic E-state index is -0.233. The van der Waals surface area contributed by atoms with Crippen molar-refractivity contribution in [2.75, 3.05) is 0 Å². The van der Waals surface area contributed by atoms with E-state index >= 15 is 0 Å². The van der Waals surface area contributed by atoms with Crippen LogP contribution in [-0.4, -0.2) is 19.5 Å². The second-order valence-corrected chi connectivity index (χ2v) is 9.26. The Morgan fingerprint density at radius 1 is 0.514 bits per heavy atom. The maximum Gasteiger partial charge on any atom is 0.159 e. The van der Waals surface area contributed by atoms with Crippen LogP contribution in [0.1, 0.15) is 22.9 Å². The van der Waals surface area contributed by atoms with E-state index in [4.69, 9.17) is 9.98 Å². The molecular weight excluding hydrogens is 449 g/mol. The van der Waals surface area contributed by atoms with Gasteiger partial charge in [-0.3, -0.25) is 0 Å². The van der Waals surface area contributed by atoms with E-state index in [1.807, 2.05) is 12.1 Å². The molecule has 1 atom stereocenters. The third kappa shape index (κ3) is 5.00. The Bertz CT molecular complexity index is 1590. The number of rotatable bonds is 5. The highest BCUT2D eigenvalue weighted by Gasteiger charge is 2.21. The van der Waals surface area contributed by atoms with Gasteiger partial charge < -0.3 is 5.32 Å². The van der Waals surface area contributed by atoms with E-state index < -0.39 is 0 Å². The van der Waals surface area contributed by atoms with Crippen LogP contribution in [0.15, 0.2) is 143 Å². The predicted octanol–water partition coefficient (Wildman–Crippen LogP) is 5.77. The first-order valence-electron chi connectivity index (χ1n) is 12.5. The molecule has 0 radical (unpaired) electrons. The Kier molecular flexibility index (Phi) is 6.22. The van der Waals surface area contributed by atoms with Crippen molar-refractivity contribution in [3.05, 3.63) is 150 Å². The molecule has 0 spiro atoms. The second-order valence-electron chi connectivity index (χ2n) is 9.26. The van der Waals surface area contributed by atoms with Crippen molar-refractivity contribution >= 4 is 25.0 Å². The Balaban J connectivity index is 1.43. The summed E-state index contributed by atoms with van der Waals surface area (Å²) in [5.41, 5.74) is 9.02. The highest BCUT2D eigenvalue weighted by molar-refractivity contribution is 6.32. The molecule has 5 aromatic rings. The van der Waals surface area contributed by atoms with E-state index in [-0.39, 0.29) is 6.17 Å². The molecule has 5 aromatic carbocycles. The molecule has 0 bridgehead atoms. The molecule has 0 aromatic heterocycles. The van der Waals surface area contributed by atoms with E-state index in [1.54, 1.807) is 0 Å². The zero-order valence-corrected chi connectivity index (χ0v) is 20.7. The summed E-state index contributed by atoms with van der Waals surface area (Å²) in [6.45, 7) is 0. The first kappa shape index (κ1) is 22.7. The summed E-state index contributed by atoms with van der Waals surface area (Å²) in [6, 6.07) is 46.4. The van der Waals surface area contributed by atoms with Gasteiger partial charge in [0.2, 0.25) is 0 Å². The van der Waals surface area contributed by atoms with Crippen molar-refractivity contribution in [3.63, 3.8) is 0 Å². The summed E-state index contributed by atoms with van der Waals surface area (Å²) in [6.07, 6.45) is -0.233. The lowest BCUT2D eigenvalue weighted by Gasteiger charge is -2.24. The molecular formula is C33H26BN3. The number of amidine groups is 2. The summed E-state index contributed by atoms with van der Waals surface area (Å²) in [5.74, 6) is 1.54. The average Bonchev–Trinajstić information content (AvgIpc) is 2.98. The van der Waals surface area contributed by atoms with Gasteiger partial charge in [0, 0.05) is 11.1 Å². The molecule has 0 saturated heterocycles. The Morgan fingerprint density at radius 3 is 1.65 bits per heavy atom. The van der Waals surface area contributed by atoms with Gasteiger partial charge >= 0.3 is 0 Å². The highest BCUT2D eigenvalue weighted by Crippen LogP contribution is 2.26. The van der Waals surface area contributed by atoms with E-state index in [0.717, 1.165) is 39.5 Å². The van der Waals surface area contributed by atoms with E-state index in [2.05, 4.69) is 134 Å². The molecule has 1 unspecified atom stereocenters. The van der Waals surface area contributed by atoms with Crippen LogP contribution in [0.4, 0.5) is 0 Å². The highest BCUT2D eigenvalue weighted by atomic mass is 15.2. The fourth-order valence-electron chi connectivity index (χ4n) is 4.59. The Morgan fingerprint density at radius 2 is 1.03 bits per heavy atom. The smallest absolute Gasteiger partial charge is 0.159 e. The van der Waals surface area contributed by atoms with Crippen molar-refractivity contribution in [1.29, 1.82) is 0 Å². The molecule has 1 aliphatic heterocycles. The zero-order valence-electron chi connectivity index (χ0n) is 20.7.